The van der Waals surface area contributed by atoms with E-state index in [0.717, 1.165) is 41.4 Å². The molecule has 0 aromatic carbocycles. The average molecular weight is 417 g/mol. The molecular formula is C30H56. The predicted molar refractivity (Wildman–Crippen MR) is 134 cm³/mol. The van der Waals surface area contributed by atoms with Gasteiger partial charge in [0.2, 0.25) is 0 Å². The van der Waals surface area contributed by atoms with Crippen molar-refractivity contribution in [2.45, 2.75) is 133 Å². The monoisotopic (exact) mass is 416 g/mol. The molecule has 3 aliphatic carbocycles. The van der Waals surface area contributed by atoms with E-state index in [4.69, 9.17) is 0 Å². The van der Waals surface area contributed by atoms with Crippen molar-refractivity contribution in [3.8, 4) is 0 Å². The lowest BCUT2D eigenvalue weighted by Gasteiger charge is -2.67. The maximum absolute atomic E-state index is 2.78. The fourth-order valence-corrected chi connectivity index (χ4v) is 9.93. The summed E-state index contributed by atoms with van der Waals surface area (Å²) in [5.41, 5.74) is 1.71. The SMILES string of the molecule is CCC[C@@]1(C)C(C(C)C)CC[C@]2(C)[C@@H]1CC[C@@H]1[C@@H]([C@H](C)CCCC(C)C)CC[C@@]12C. The van der Waals surface area contributed by atoms with E-state index in [1.165, 1.54) is 70.6 Å². The Kier molecular flexibility index (Phi) is 7.47. The molecule has 0 N–H and O–H groups in total. The Morgan fingerprint density at radius 3 is 2.07 bits per heavy atom. The third-order valence-corrected chi connectivity index (χ3v) is 11.6. The first-order chi connectivity index (χ1) is 14.0. The number of hydrogen-bond acceptors (Lipinski definition) is 0. The molecule has 0 spiro atoms. The Morgan fingerprint density at radius 1 is 0.800 bits per heavy atom. The molecule has 0 radical (unpaired) electrons. The van der Waals surface area contributed by atoms with Gasteiger partial charge in [0, 0.05) is 0 Å². The third-order valence-electron chi connectivity index (χ3n) is 11.6. The Bertz CT molecular complexity index is 560. The van der Waals surface area contributed by atoms with Crippen LogP contribution in [0.4, 0.5) is 0 Å². The first-order valence-corrected chi connectivity index (χ1v) is 14.0. The first kappa shape index (κ1) is 24.6. The van der Waals surface area contributed by atoms with E-state index in [9.17, 15) is 0 Å². The molecule has 8 atom stereocenters. The van der Waals surface area contributed by atoms with Crippen molar-refractivity contribution in [3.63, 3.8) is 0 Å². The smallest absolute Gasteiger partial charge is 0.0235 e. The van der Waals surface area contributed by atoms with Gasteiger partial charge in [0.05, 0.1) is 0 Å². The Balaban J connectivity index is 1.83. The van der Waals surface area contributed by atoms with Crippen molar-refractivity contribution < 1.29 is 0 Å². The lowest BCUT2D eigenvalue weighted by Crippen LogP contribution is -2.60. The van der Waals surface area contributed by atoms with Crippen molar-refractivity contribution in [1.82, 2.24) is 0 Å². The van der Waals surface area contributed by atoms with Gasteiger partial charge in [-0.05, 0) is 103 Å². The van der Waals surface area contributed by atoms with Crippen LogP contribution in [-0.4, -0.2) is 0 Å². The van der Waals surface area contributed by atoms with Crippen LogP contribution >= 0.6 is 0 Å². The van der Waals surface area contributed by atoms with Crippen LogP contribution in [-0.2, 0) is 0 Å². The van der Waals surface area contributed by atoms with E-state index in [1.54, 1.807) is 0 Å². The van der Waals surface area contributed by atoms with Gasteiger partial charge in [0.15, 0.2) is 0 Å². The quantitative estimate of drug-likeness (QED) is 0.369. The van der Waals surface area contributed by atoms with E-state index in [0.29, 0.717) is 16.2 Å². The number of rotatable bonds is 8. The fourth-order valence-electron chi connectivity index (χ4n) is 9.93. The van der Waals surface area contributed by atoms with Gasteiger partial charge in [-0.1, -0.05) is 88.0 Å². The van der Waals surface area contributed by atoms with E-state index in [1.807, 2.05) is 0 Å². The van der Waals surface area contributed by atoms with Gasteiger partial charge in [-0.2, -0.15) is 0 Å². The summed E-state index contributed by atoms with van der Waals surface area (Å²) in [4.78, 5) is 0. The zero-order valence-electron chi connectivity index (χ0n) is 22.3. The van der Waals surface area contributed by atoms with Gasteiger partial charge in [0.1, 0.15) is 0 Å². The topological polar surface area (TPSA) is 0 Å². The van der Waals surface area contributed by atoms with E-state index in [-0.39, 0.29) is 0 Å². The zero-order chi connectivity index (χ0) is 22.3. The Labute approximate surface area is 190 Å². The van der Waals surface area contributed by atoms with Crippen molar-refractivity contribution >= 4 is 0 Å². The Morgan fingerprint density at radius 2 is 1.47 bits per heavy atom. The van der Waals surface area contributed by atoms with Crippen LogP contribution in [0.25, 0.3) is 0 Å². The minimum atomic E-state index is 0.560. The van der Waals surface area contributed by atoms with Crippen LogP contribution in [0, 0.1) is 57.7 Å². The summed E-state index contributed by atoms with van der Waals surface area (Å²) >= 11 is 0. The van der Waals surface area contributed by atoms with Gasteiger partial charge in [-0.25, -0.2) is 0 Å². The summed E-state index contributed by atoms with van der Waals surface area (Å²) in [6, 6.07) is 0. The minimum absolute atomic E-state index is 0.560. The Hall–Kier alpha value is 0. The molecule has 0 aliphatic heterocycles. The lowest BCUT2D eigenvalue weighted by molar-refractivity contribution is -0.182. The van der Waals surface area contributed by atoms with Gasteiger partial charge in [-0.3, -0.25) is 0 Å². The molecule has 0 aromatic heterocycles. The van der Waals surface area contributed by atoms with Crippen LogP contribution in [0.1, 0.15) is 133 Å². The van der Waals surface area contributed by atoms with Crippen molar-refractivity contribution in [1.29, 1.82) is 0 Å². The molecule has 0 saturated heterocycles. The summed E-state index contributed by atoms with van der Waals surface area (Å²) in [5, 5.41) is 0. The summed E-state index contributed by atoms with van der Waals surface area (Å²) in [7, 11) is 0. The third kappa shape index (κ3) is 3.94. The standard InChI is InChI=1S/C30H56/c1-10-18-28(7)25(22(4)5)17-20-30(9)27(28)15-14-26-24(16-19-29(26,30)8)23(6)13-11-12-21(2)3/h21-27H,10-20H2,1-9H3/t23-,24-,25?,26-,27-,28+,29+,30-/m1/s1. The second kappa shape index (κ2) is 9.09. The van der Waals surface area contributed by atoms with Gasteiger partial charge in [-0.15, -0.1) is 0 Å². The molecule has 3 aliphatic rings. The largest absolute Gasteiger partial charge is 0.0654 e. The predicted octanol–water partition coefficient (Wildman–Crippen LogP) is 9.77. The maximum atomic E-state index is 2.78. The molecule has 3 rings (SSSR count). The van der Waals surface area contributed by atoms with Crippen molar-refractivity contribution in [3.05, 3.63) is 0 Å². The molecule has 30 heavy (non-hydrogen) atoms. The van der Waals surface area contributed by atoms with Crippen LogP contribution in [0.3, 0.4) is 0 Å². The molecule has 0 aromatic rings. The fraction of sp³-hybridized carbons (Fsp3) is 1.00. The van der Waals surface area contributed by atoms with Crippen molar-refractivity contribution in [2.24, 2.45) is 57.7 Å². The van der Waals surface area contributed by atoms with E-state index in [2.05, 4.69) is 62.3 Å². The van der Waals surface area contributed by atoms with Crippen LogP contribution in [0.2, 0.25) is 0 Å². The second-order valence-corrected chi connectivity index (χ2v) is 13.7. The highest BCUT2D eigenvalue weighted by atomic mass is 14.7. The molecule has 0 nitrogen and oxygen atoms in total. The molecule has 3 fully saturated rings. The second-order valence-electron chi connectivity index (χ2n) is 13.7. The van der Waals surface area contributed by atoms with Gasteiger partial charge >= 0.3 is 0 Å². The van der Waals surface area contributed by atoms with Crippen LogP contribution in [0.5, 0.6) is 0 Å². The van der Waals surface area contributed by atoms with E-state index >= 15 is 0 Å². The molecule has 0 amide bonds. The highest BCUT2D eigenvalue weighted by molar-refractivity contribution is 5.14. The summed E-state index contributed by atoms with van der Waals surface area (Å²) < 4.78 is 0. The number of hydrogen-bond donors (Lipinski definition) is 0. The van der Waals surface area contributed by atoms with Crippen molar-refractivity contribution in [2.75, 3.05) is 0 Å². The highest BCUT2D eigenvalue weighted by Gasteiger charge is 2.66. The van der Waals surface area contributed by atoms with Crippen LogP contribution < -0.4 is 0 Å². The normalized spacial score (nSPS) is 44.9. The minimum Gasteiger partial charge on any atom is -0.0654 e. The summed E-state index contributed by atoms with van der Waals surface area (Å²) in [6.07, 6.45) is 16.2. The average Bonchev–Trinajstić information content (AvgIpc) is 3.00. The summed E-state index contributed by atoms with van der Waals surface area (Å²) in [5.74, 6) is 6.52. The van der Waals surface area contributed by atoms with Gasteiger partial charge in [0.25, 0.3) is 0 Å². The molecule has 0 bridgehead atoms. The molecule has 3 saturated carbocycles. The van der Waals surface area contributed by atoms with Crippen LogP contribution in [0.15, 0.2) is 0 Å². The summed E-state index contributed by atoms with van der Waals surface area (Å²) in [6.45, 7) is 23.1. The molecular weight excluding hydrogens is 360 g/mol. The maximum Gasteiger partial charge on any atom is -0.0235 e. The first-order valence-electron chi connectivity index (χ1n) is 14.0. The molecule has 0 heterocycles. The van der Waals surface area contributed by atoms with Gasteiger partial charge < -0.3 is 0 Å². The van der Waals surface area contributed by atoms with E-state index < -0.39 is 0 Å². The number of fused-ring (bicyclic) bond motifs is 3. The molecule has 1 unspecified atom stereocenters. The highest BCUT2D eigenvalue weighted by Crippen LogP contribution is 2.73. The zero-order valence-corrected chi connectivity index (χ0v) is 22.3. The lowest BCUT2D eigenvalue weighted by atomic mass is 9.38. The molecule has 0 heteroatoms. The molecule has 176 valence electrons.